The minimum absolute atomic E-state index is 0.0278. The van der Waals surface area contributed by atoms with Gasteiger partial charge >= 0.3 is 0 Å². The second kappa shape index (κ2) is 6.57. The fourth-order valence-electron chi connectivity index (χ4n) is 4.22. The molecule has 4 atom stereocenters. The van der Waals surface area contributed by atoms with E-state index in [4.69, 9.17) is 5.26 Å². The van der Waals surface area contributed by atoms with Gasteiger partial charge in [0.25, 0.3) is 5.91 Å². The van der Waals surface area contributed by atoms with Crippen LogP contribution in [0.2, 0.25) is 0 Å². The number of carbonyl (C=O) groups excluding carboxylic acids is 2. The normalized spacial score (nSPS) is 31.5. The topological polar surface area (TPSA) is 76.4 Å². The molecule has 1 aromatic carbocycles. The Morgan fingerprint density at radius 3 is 2.74 bits per heavy atom. The number of nitrogens with one attached hydrogen (secondary N) is 1. The highest BCUT2D eigenvalue weighted by Crippen LogP contribution is 2.49. The zero-order valence-electron chi connectivity index (χ0n) is 14.7. The number of nitriles is 1. The maximum Gasteiger partial charge on any atom is 0.253 e. The highest BCUT2D eigenvalue weighted by atomic mass is 19.1. The van der Waals surface area contributed by atoms with Crippen molar-refractivity contribution in [2.45, 2.75) is 30.6 Å². The number of carbonyl (C=O) groups is 2. The van der Waals surface area contributed by atoms with Gasteiger partial charge in [0.05, 0.1) is 19.2 Å². The van der Waals surface area contributed by atoms with Crippen molar-refractivity contribution in [2.75, 3.05) is 26.2 Å². The third kappa shape index (κ3) is 3.28. The minimum atomic E-state index is -1.15. The van der Waals surface area contributed by atoms with Crippen molar-refractivity contribution in [2.24, 2.45) is 5.92 Å². The highest BCUT2D eigenvalue weighted by molar-refractivity contribution is 5.94. The van der Waals surface area contributed by atoms with Crippen molar-refractivity contribution in [3.63, 3.8) is 0 Å². The number of fused-ring (bicyclic) bond motifs is 1. The molecule has 4 rings (SSSR count). The van der Waals surface area contributed by atoms with Crippen LogP contribution in [0.5, 0.6) is 0 Å². The minimum Gasteiger partial charge on any atom is -0.336 e. The number of rotatable bonds is 4. The Balaban J connectivity index is 1.34. The van der Waals surface area contributed by atoms with Crippen molar-refractivity contribution in [1.29, 1.82) is 5.26 Å². The summed E-state index contributed by atoms with van der Waals surface area (Å²) in [4.78, 5) is 27.9. The summed E-state index contributed by atoms with van der Waals surface area (Å²) in [5.41, 5.74) is 0.148. The molecule has 2 heterocycles. The summed E-state index contributed by atoms with van der Waals surface area (Å²) in [6.07, 6.45) is -0.211. The molecule has 2 aliphatic heterocycles. The summed E-state index contributed by atoms with van der Waals surface area (Å²) in [7, 11) is 0. The molecular formula is C19H20F2N4O2. The molecule has 1 aliphatic carbocycles. The Morgan fingerprint density at radius 1 is 1.30 bits per heavy atom. The first-order chi connectivity index (χ1) is 12.9. The van der Waals surface area contributed by atoms with E-state index in [0.717, 1.165) is 6.42 Å². The largest absolute Gasteiger partial charge is 0.336 e. The number of benzene rings is 1. The van der Waals surface area contributed by atoms with E-state index in [1.54, 1.807) is 4.90 Å². The van der Waals surface area contributed by atoms with Crippen LogP contribution in [0.4, 0.5) is 8.78 Å². The lowest BCUT2D eigenvalue weighted by molar-refractivity contribution is -0.130. The number of likely N-dealkylation sites (tertiary alicyclic amines) is 2. The molecule has 0 bridgehead atoms. The van der Waals surface area contributed by atoms with E-state index in [1.165, 1.54) is 29.2 Å². The average molecular weight is 374 g/mol. The smallest absolute Gasteiger partial charge is 0.253 e. The van der Waals surface area contributed by atoms with Gasteiger partial charge in [0, 0.05) is 30.6 Å². The molecule has 1 aromatic rings. The van der Waals surface area contributed by atoms with Crippen molar-refractivity contribution < 1.29 is 18.4 Å². The number of nitrogens with zero attached hydrogens (tertiary/aromatic N) is 3. The molecule has 1 N–H and O–H groups in total. The third-order valence-electron chi connectivity index (χ3n) is 5.84. The van der Waals surface area contributed by atoms with Gasteiger partial charge in [0.1, 0.15) is 18.0 Å². The quantitative estimate of drug-likeness (QED) is 0.856. The number of halogens is 2. The molecule has 27 heavy (non-hydrogen) atoms. The molecule has 2 saturated heterocycles. The molecule has 3 fully saturated rings. The second-order valence-corrected chi connectivity index (χ2v) is 7.63. The highest BCUT2D eigenvalue weighted by Gasteiger charge is 2.60. The van der Waals surface area contributed by atoms with Crippen LogP contribution in [-0.2, 0) is 4.79 Å². The van der Waals surface area contributed by atoms with E-state index in [-0.39, 0.29) is 48.6 Å². The number of hydrogen-bond donors (Lipinski definition) is 1. The van der Waals surface area contributed by atoms with Crippen LogP contribution in [0.3, 0.4) is 0 Å². The monoisotopic (exact) mass is 374 g/mol. The van der Waals surface area contributed by atoms with Gasteiger partial charge in [-0.2, -0.15) is 5.26 Å². The Labute approximate surface area is 155 Å². The van der Waals surface area contributed by atoms with Gasteiger partial charge in [0.2, 0.25) is 5.91 Å². The number of alkyl halides is 1. The van der Waals surface area contributed by atoms with Crippen LogP contribution in [-0.4, -0.2) is 65.5 Å². The molecule has 0 radical (unpaired) electrons. The predicted molar refractivity (Wildman–Crippen MR) is 91.8 cm³/mol. The summed E-state index contributed by atoms with van der Waals surface area (Å²) >= 11 is 0. The fraction of sp³-hybridized carbons (Fsp3) is 0.526. The Morgan fingerprint density at radius 2 is 2.04 bits per heavy atom. The van der Waals surface area contributed by atoms with Gasteiger partial charge in [-0.15, -0.1) is 0 Å². The lowest BCUT2D eigenvalue weighted by atomic mass is 10.2. The molecule has 3 aliphatic rings. The summed E-state index contributed by atoms with van der Waals surface area (Å²) in [6.45, 7) is 1.06. The molecule has 2 unspecified atom stereocenters. The summed E-state index contributed by atoms with van der Waals surface area (Å²) in [6, 6.07) is 6.72. The Hall–Kier alpha value is -2.53. The number of hydrogen-bond acceptors (Lipinski definition) is 4. The lowest BCUT2D eigenvalue weighted by Gasteiger charge is -2.24. The summed E-state index contributed by atoms with van der Waals surface area (Å²) in [5.74, 6) is -0.557. The van der Waals surface area contributed by atoms with Gasteiger partial charge in [-0.3, -0.25) is 9.59 Å². The number of amides is 2. The van der Waals surface area contributed by atoms with E-state index in [9.17, 15) is 18.4 Å². The van der Waals surface area contributed by atoms with Crippen LogP contribution in [0, 0.1) is 23.1 Å². The predicted octanol–water partition coefficient (Wildman–Crippen LogP) is 1.09. The molecule has 2 amide bonds. The second-order valence-electron chi connectivity index (χ2n) is 7.63. The van der Waals surface area contributed by atoms with Crippen molar-refractivity contribution >= 4 is 11.8 Å². The molecule has 142 valence electrons. The number of piperidine rings is 1. The fourth-order valence-corrected chi connectivity index (χ4v) is 4.22. The summed E-state index contributed by atoms with van der Waals surface area (Å²) in [5, 5.41) is 12.3. The maximum absolute atomic E-state index is 13.5. The maximum atomic E-state index is 13.5. The van der Waals surface area contributed by atoms with Crippen molar-refractivity contribution in [3.8, 4) is 6.07 Å². The average Bonchev–Trinajstić information content (AvgIpc) is 3.00. The van der Waals surface area contributed by atoms with E-state index < -0.39 is 12.2 Å². The Kier molecular flexibility index (Phi) is 4.35. The van der Waals surface area contributed by atoms with Gasteiger partial charge in [0.15, 0.2) is 0 Å². The molecule has 0 aromatic heterocycles. The zero-order chi connectivity index (χ0) is 19.2. The lowest BCUT2D eigenvalue weighted by Crippen LogP contribution is -2.47. The van der Waals surface area contributed by atoms with Crippen LogP contribution in [0.1, 0.15) is 23.2 Å². The SMILES string of the molecule is N#C[C@@H]1C[C@H](F)CN1C(=O)CNC12CC1CN(C(=O)c1ccc(F)cc1)C2. The van der Waals surface area contributed by atoms with Crippen LogP contribution in [0.15, 0.2) is 24.3 Å². The van der Waals surface area contributed by atoms with Gasteiger partial charge in [-0.05, 0) is 36.6 Å². The molecular weight excluding hydrogens is 354 g/mol. The van der Waals surface area contributed by atoms with Crippen molar-refractivity contribution in [1.82, 2.24) is 15.1 Å². The Bertz CT molecular complexity index is 809. The molecule has 6 nitrogen and oxygen atoms in total. The summed E-state index contributed by atoms with van der Waals surface area (Å²) < 4.78 is 26.5. The van der Waals surface area contributed by atoms with Gasteiger partial charge in [-0.1, -0.05) is 0 Å². The molecule has 1 saturated carbocycles. The molecule has 0 spiro atoms. The standard InChI is InChI=1S/C19H20F2N4O2/c20-14-3-1-12(2-4-14)18(27)24-9-13-6-19(13,11-24)23-8-17(26)25-10-15(21)5-16(25)7-22/h1-4,13,15-16,23H,5-6,8-11H2/t13?,15-,16-,19?/m0/s1. The van der Waals surface area contributed by atoms with Crippen LogP contribution in [0.25, 0.3) is 0 Å². The van der Waals surface area contributed by atoms with E-state index in [1.807, 2.05) is 6.07 Å². The first kappa shape index (κ1) is 17.9. The van der Waals surface area contributed by atoms with E-state index >= 15 is 0 Å². The van der Waals surface area contributed by atoms with E-state index in [0.29, 0.717) is 18.7 Å². The third-order valence-corrected chi connectivity index (χ3v) is 5.84. The van der Waals surface area contributed by atoms with Gasteiger partial charge in [-0.25, -0.2) is 8.78 Å². The zero-order valence-corrected chi connectivity index (χ0v) is 14.7. The van der Waals surface area contributed by atoms with Crippen LogP contribution >= 0.6 is 0 Å². The first-order valence-corrected chi connectivity index (χ1v) is 9.05. The van der Waals surface area contributed by atoms with E-state index in [2.05, 4.69) is 5.32 Å². The van der Waals surface area contributed by atoms with Gasteiger partial charge < -0.3 is 15.1 Å². The van der Waals surface area contributed by atoms with Crippen molar-refractivity contribution in [3.05, 3.63) is 35.6 Å². The molecule has 8 heteroatoms. The van der Waals surface area contributed by atoms with Crippen LogP contribution < -0.4 is 5.32 Å². The first-order valence-electron chi connectivity index (χ1n) is 9.05.